The van der Waals surface area contributed by atoms with Crippen molar-refractivity contribution >= 4 is 10.1 Å². The minimum absolute atomic E-state index is 0.0858. The summed E-state index contributed by atoms with van der Waals surface area (Å²) in [6.07, 6.45) is 0.974. The van der Waals surface area contributed by atoms with Crippen LogP contribution in [0.15, 0.2) is 18.2 Å². The van der Waals surface area contributed by atoms with Crippen LogP contribution < -0.4 is 4.74 Å². The van der Waals surface area contributed by atoms with Crippen molar-refractivity contribution < 1.29 is 17.3 Å². The maximum Gasteiger partial charge on any atom is 0.264 e. The molecule has 0 aliphatic heterocycles. The molecule has 1 aromatic rings. The largest absolute Gasteiger partial charge is 0.495 e. The average molecular weight is 241 g/mol. The molecule has 1 aromatic carbocycles. The summed E-state index contributed by atoms with van der Waals surface area (Å²) in [5.74, 6) is 0.450. The molecule has 1 rings (SSSR count). The van der Waals surface area contributed by atoms with Crippen molar-refractivity contribution in [2.45, 2.75) is 6.61 Å². The van der Waals surface area contributed by atoms with E-state index in [1.165, 1.54) is 13.2 Å². The number of benzene rings is 1. The lowest BCUT2D eigenvalue weighted by atomic mass is 10.1. The van der Waals surface area contributed by atoms with Crippen LogP contribution in [0.25, 0.3) is 0 Å². The Morgan fingerprint density at radius 1 is 1.44 bits per heavy atom. The molecule has 0 radical (unpaired) electrons. The normalized spacial score (nSPS) is 10.8. The van der Waals surface area contributed by atoms with Gasteiger partial charge in [0.15, 0.2) is 0 Å². The Balaban J connectivity index is 2.89. The minimum atomic E-state index is -3.47. The Bertz CT molecular complexity index is 516. The molecule has 0 aliphatic rings. The van der Waals surface area contributed by atoms with E-state index >= 15 is 0 Å². The molecule has 0 unspecified atom stereocenters. The molecule has 0 heterocycles. The van der Waals surface area contributed by atoms with Crippen LogP contribution in [0.3, 0.4) is 0 Å². The van der Waals surface area contributed by atoms with Crippen LogP contribution in [0.5, 0.6) is 5.75 Å². The van der Waals surface area contributed by atoms with Gasteiger partial charge >= 0.3 is 0 Å². The third kappa shape index (κ3) is 3.53. The Morgan fingerprint density at radius 2 is 2.12 bits per heavy atom. The summed E-state index contributed by atoms with van der Waals surface area (Å²) in [6, 6.07) is 6.73. The van der Waals surface area contributed by atoms with Gasteiger partial charge in [0.05, 0.1) is 25.5 Å². The predicted octanol–water partition coefficient (Wildman–Crippen LogP) is 1.04. The van der Waals surface area contributed by atoms with Crippen LogP contribution in [-0.2, 0) is 20.9 Å². The van der Waals surface area contributed by atoms with E-state index in [0.717, 1.165) is 6.26 Å². The first-order valence-electron chi connectivity index (χ1n) is 4.37. The topological polar surface area (TPSA) is 76.4 Å². The molecular weight excluding hydrogens is 230 g/mol. The summed E-state index contributed by atoms with van der Waals surface area (Å²) in [5, 5.41) is 8.81. The fraction of sp³-hybridized carbons (Fsp3) is 0.300. The van der Waals surface area contributed by atoms with Crippen LogP contribution in [0.4, 0.5) is 0 Å². The molecule has 0 fully saturated rings. The van der Waals surface area contributed by atoms with Crippen LogP contribution in [0.2, 0.25) is 0 Å². The van der Waals surface area contributed by atoms with Crippen molar-refractivity contribution in [2.24, 2.45) is 0 Å². The molecule has 6 heteroatoms. The summed E-state index contributed by atoms with van der Waals surface area (Å²) < 4.78 is 31.1. The van der Waals surface area contributed by atoms with E-state index in [9.17, 15) is 8.42 Å². The maximum atomic E-state index is 10.8. The van der Waals surface area contributed by atoms with Gasteiger partial charge < -0.3 is 4.74 Å². The van der Waals surface area contributed by atoms with Crippen LogP contribution in [0.1, 0.15) is 11.1 Å². The lowest BCUT2D eigenvalue weighted by Gasteiger charge is -2.05. The highest BCUT2D eigenvalue weighted by molar-refractivity contribution is 7.85. The number of hydrogen-bond acceptors (Lipinski definition) is 5. The number of ether oxygens (including phenoxy) is 1. The summed E-state index contributed by atoms with van der Waals surface area (Å²) in [4.78, 5) is 0. The highest BCUT2D eigenvalue weighted by Crippen LogP contribution is 2.19. The standard InChI is InChI=1S/C10H11NO4S/c1-14-10-4-3-8(5-9(10)6-11)7-15-16(2,12)13/h3-5H,7H2,1-2H3. The zero-order valence-electron chi connectivity index (χ0n) is 8.93. The highest BCUT2D eigenvalue weighted by atomic mass is 32.2. The fourth-order valence-corrected chi connectivity index (χ4v) is 1.46. The van der Waals surface area contributed by atoms with Gasteiger partial charge in [-0.1, -0.05) is 6.07 Å². The van der Waals surface area contributed by atoms with Crippen molar-refractivity contribution in [3.63, 3.8) is 0 Å². The van der Waals surface area contributed by atoms with Crippen LogP contribution >= 0.6 is 0 Å². The van der Waals surface area contributed by atoms with Gasteiger partial charge in [0.1, 0.15) is 11.8 Å². The number of hydrogen-bond donors (Lipinski definition) is 0. The third-order valence-corrected chi connectivity index (χ3v) is 2.37. The Hall–Kier alpha value is -1.58. The average Bonchev–Trinajstić information content (AvgIpc) is 2.25. The lowest BCUT2D eigenvalue weighted by Crippen LogP contribution is -2.03. The summed E-state index contributed by atoms with van der Waals surface area (Å²) in [7, 11) is -2.01. The summed E-state index contributed by atoms with van der Waals surface area (Å²) in [6.45, 7) is -0.0858. The van der Waals surface area contributed by atoms with Crippen molar-refractivity contribution in [1.29, 1.82) is 5.26 Å². The predicted molar refractivity (Wildman–Crippen MR) is 57.3 cm³/mol. The minimum Gasteiger partial charge on any atom is -0.495 e. The van der Waals surface area contributed by atoms with Crippen LogP contribution in [0, 0.1) is 11.3 Å². The SMILES string of the molecule is COc1ccc(COS(C)(=O)=O)cc1C#N. The molecule has 0 spiro atoms. The molecule has 0 aromatic heterocycles. The first-order chi connectivity index (χ1) is 7.46. The monoisotopic (exact) mass is 241 g/mol. The van der Waals surface area contributed by atoms with Gasteiger partial charge in [0.25, 0.3) is 10.1 Å². The molecule has 0 aliphatic carbocycles. The fourth-order valence-electron chi connectivity index (χ4n) is 1.11. The van der Waals surface area contributed by atoms with Crippen LogP contribution in [-0.4, -0.2) is 21.8 Å². The summed E-state index contributed by atoms with van der Waals surface area (Å²) in [5.41, 5.74) is 0.944. The smallest absolute Gasteiger partial charge is 0.264 e. The second kappa shape index (κ2) is 4.96. The second-order valence-electron chi connectivity index (χ2n) is 3.11. The van der Waals surface area contributed by atoms with E-state index in [2.05, 4.69) is 4.18 Å². The summed E-state index contributed by atoms with van der Waals surface area (Å²) >= 11 is 0. The number of nitriles is 1. The highest BCUT2D eigenvalue weighted by Gasteiger charge is 2.06. The van der Waals surface area contributed by atoms with E-state index < -0.39 is 10.1 Å². The quantitative estimate of drug-likeness (QED) is 0.736. The number of rotatable bonds is 4. The van der Waals surface area contributed by atoms with Crippen molar-refractivity contribution in [3.05, 3.63) is 29.3 Å². The Kier molecular flexibility index (Phi) is 3.88. The molecule has 16 heavy (non-hydrogen) atoms. The number of nitrogens with zero attached hydrogens (tertiary/aromatic N) is 1. The van der Waals surface area contributed by atoms with E-state index in [4.69, 9.17) is 10.00 Å². The maximum absolute atomic E-state index is 10.8. The Morgan fingerprint density at radius 3 is 2.62 bits per heavy atom. The molecule has 5 nitrogen and oxygen atoms in total. The van der Waals surface area contributed by atoms with Gasteiger partial charge in [0, 0.05) is 0 Å². The molecule has 0 saturated carbocycles. The van der Waals surface area contributed by atoms with Gasteiger partial charge in [0.2, 0.25) is 0 Å². The van der Waals surface area contributed by atoms with E-state index in [-0.39, 0.29) is 6.61 Å². The molecule has 0 bridgehead atoms. The van der Waals surface area contributed by atoms with Gasteiger partial charge in [-0.3, -0.25) is 4.18 Å². The first kappa shape index (κ1) is 12.5. The van der Waals surface area contributed by atoms with Crippen molar-refractivity contribution in [1.82, 2.24) is 0 Å². The molecular formula is C10H11NO4S. The molecule has 86 valence electrons. The van der Waals surface area contributed by atoms with Gasteiger partial charge in [-0.25, -0.2) is 0 Å². The zero-order chi connectivity index (χ0) is 12.2. The molecule has 0 N–H and O–H groups in total. The third-order valence-electron chi connectivity index (χ3n) is 1.82. The van der Waals surface area contributed by atoms with Gasteiger partial charge in [-0.2, -0.15) is 13.7 Å². The Labute approximate surface area is 94.3 Å². The zero-order valence-corrected chi connectivity index (χ0v) is 9.74. The first-order valence-corrected chi connectivity index (χ1v) is 6.19. The van der Waals surface area contributed by atoms with Gasteiger partial charge in [-0.15, -0.1) is 0 Å². The number of methoxy groups -OCH3 is 1. The van der Waals surface area contributed by atoms with E-state index in [1.54, 1.807) is 12.1 Å². The van der Waals surface area contributed by atoms with E-state index in [0.29, 0.717) is 16.9 Å². The van der Waals surface area contributed by atoms with Gasteiger partial charge in [-0.05, 0) is 17.7 Å². The molecule has 0 amide bonds. The van der Waals surface area contributed by atoms with E-state index in [1.807, 2.05) is 6.07 Å². The van der Waals surface area contributed by atoms with Crippen molar-refractivity contribution in [3.8, 4) is 11.8 Å². The molecule has 0 atom stereocenters. The second-order valence-corrected chi connectivity index (χ2v) is 4.76. The lowest BCUT2D eigenvalue weighted by molar-refractivity contribution is 0.311. The van der Waals surface area contributed by atoms with Crippen molar-refractivity contribution in [2.75, 3.05) is 13.4 Å². The molecule has 0 saturated heterocycles.